The van der Waals surface area contributed by atoms with Gasteiger partial charge in [0.25, 0.3) is 0 Å². The van der Waals surface area contributed by atoms with Crippen LogP contribution in [0.15, 0.2) is 24.3 Å². The van der Waals surface area contributed by atoms with Gasteiger partial charge in [-0.2, -0.15) is 0 Å². The molecule has 0 spiro atoms. The van der Waals surface area contributed by atoms with E-state index in [1.807, 2.05) is 24.3 Å². The highest BCUT2D eigenvalue weighted by molar-refractivity contribution is 5.43. The van der Waals surface area contributed by atoms with Crippen LogP contribution >= 0.6 is 0 Å². The smallest absolute Gasteiger partial charge is 0.121 e. The van der Waals surface area contributed by atoms with E-state index in [1.54, 1.807) is 0 Å². The Balaban J connectivity index is 1.64. The molecule has 1 aliphatic rings. The molecule has 1 saturated heterocycles. The Labute approximate surface area is 116 Å². The van der Waals surface area contributed by atoms with E-state index in [0.29, 0.717) is 0 Å². The molecule has 19 heavy (non-hydrogen) atoms. The van der Waals surface area contributed by atoms with E-state index in [4.69, 9.17) is 10.5 Å². The van der Waals surface area contributed by atoms with Gasteiger partial charge in [-0.25, -0.2) is 0 Å². The van der Waals surface area contributed by atoms with Gasteiger partial charge in [0.2, 0.25) is 0 Å². The van der Waals surface area contributed by atoms with Gasteiger partial charge >= 0.3 is 0 Å². The minimum Gasteiger partial charge on any atom is -0.493 e. The summed E-state index contributed by atoms with van der Waals surface area (Å²) in [6.45, 7) is 6.66. The highest BCUT2D eigenvalue weighted by Gasteiger charge is 2.11. The van der Waals surface area contributed by atoms with E-state index in [2.05, 4.69) is 16.8 Å². The Bertz CT molecular complexity index is 383. The van der Waals surface area contributed by atoms with Crippen LogP contribution in [0.3, 0.4) is 0 Å². The van der Waals surface area contributed by atoms with Gasteiger partial charge in [-0.15, -0.1) is 0 Å². The lowest BCUT2D eigenvalue weighted by Gasteiger charge is -2.19. The Hall–Kier alpha value is -1.26. The lowest BCUT2D eigenvalue weighted by molar-refractivity contribution is 0.237. The molecular formula is C15H25N3O. The summed E-state index contributed by atoms with van der Waals surface area (Å²) in [6.07, 6.45) is 2.34. The van der Waals surface area contributed by atoms with Crippen molar-refractivity contribution < 1.29 is 4.74 Å². The highest BCUT2D eigenvalue weighted by Crippen LogP contribution is 2.14. The molecule has 0 unspecified atom stereocenters. The minimum absolute atomic E-state index is 0.757. The molecule has 0 atom stereocenters. The zero-order valence-corrected chi connectivity index (χ0v) is 11.8. The zero-order chi connectivity index (χ0) is 13.5. The maximum atomic E-state index is 5.72. The number of hydrogen-bond donors (Lipinski definition) is 1. The van der Waals surface area contributed by atoms with Gasteiger partial charge in [-0.05, 0) is 45.1 Å². The number of hydrogen-bond acceptors (Lipinski definition) is 4. The van der Waals surface area contributed by atoms with Crippen LogP contribution in [-0.2, 0) is 0 Å². The molecule has 106 valence electrons. The van der Waals surface area contributed by atoms with Crippen molar-refractivity contribution in [1.82, 2.24) is 9.80 Å². The second-order valence-electron chi connectivity index (χ2n) is 5.27. The van der Waals surface area contributed by atoms with Gasteiger partial charge in [0.1, 0.15) is 5.75 Å². The minimum atomic E-state index is 0.757. The molecule has 1 aromatic carbocycles. The molecule has 0 radical (unpaired) electrons. The van der Waals surface area contributed by atoms with Gasteiger partial charge < -0.3 is 20.3 Å². The average molecular weight is 263 g/mol. The second-order valence-corrected chi connectivity index (χ2v) is 5.27. The summed E-state index contributed by atoms with van der Waals surface area (Å²) < 4.78 is 5.71. The van der Waals surface area contributed by atoms with E-state index < -0.39 is 0 Å². The summed E-state index contributed by atoms with van der Waals surface area (Å²) in [5.74, 6) is 0.871. The summed E-state index contributed by atoms with van der Waals surface area (Å²) >= 11 is 0. The zero-order valence-electron chi connectivity index (χ0n) is 11.8. The lowest BCUT2D eigenvalue weighted by atomic mass is 10.3. The molecule has 0 bridgehead atoms. The maximum Gasteiger partial charge on any atom is 0.121 e. The van der Waals surface area contributed by atoms with Gasteiger partial charge in [0, 0.05) is 31.4 Å². The molecule has 1 aliphatic heterocycles. The van der Waals surface area contributed by atoms with Crippen molar-refractivity contribution in [3.63, 3.8) is 0 Å². The molecule has 0 aromatic heterocycles. The monoisotopic (exact) mass is 263 g/mol. The third kappa shape index (κ3) is 5.09. The predicted octanol–water partition coefficient (Wildman–Crippen LogP) is 1.68. The normalized spacial score (nSPS) is 18.2. The van der Waals surface area contributed by atoms with Gasteiger partial charge in [0.15, 0.2) is 0 Å². The van der Waals surface area contributed by atoms with Crippen LogP contribution in [0.25, 0.3) is 0 Å². The van der Waals surface area contributed by atoms with Gasteiger partial charge in [0.05, 0.1) is 6.61 Å². The molecule has 2 N–H and O–H groups in total. The molecule has 1 aromatic rings. The van der Waals surface area contributed by atoms with E-state index in [1.165, 1.54) is 32.6 Å². The average Bonchev–Trinajstić information content (AvgIpc) is 2.60. The van der Waals surface area contributed by atoms with Crippen LogP contribution < -0.4 is 10.5 Å². The third-order valence-electron chi connectivity index (χ3n) is 3.56. The first kappa shape index (κ1) is 14.2. The summed E-state index contributed by atoms with van der Waals surface area (Å²) in [5.41, 5.74) is 6.47. The standard InChI is InChI=1S/C15H25N3O/c1-17-7-3-8-18(11-10-17)9-4-12-19-15-6-2-5-14(16)13-15/h2,5-6,13H,3-4,7-12,16H2,1H3. The van der Waals surface area contributed by atoms with Gasteiger partial charge in [-0.1, -0.05) is 6.07 Å². The molecular weight excluding hydrogens is 238 g/mol. The quantitative estimate of drug-likeness (QED) is 0.648. The van der Waals surface area contributed by atoms with Crippen LogP contribution in [0, 0.1) is 0 Å². The number of rotatable bonds is 5. The van der Waals surface area contributed by atoms with Gasteiger partial charge in [-0.3, -0.25) is 0 Å². The number of likely N-dealkylation sites (N-methyl/N-ethyl adjacent to an activating group) is 1. The number of nitrogen functional groups attached to an aromatic ring is 1. The number of ether oxygens (including phenoxy) is 1. The Kier molecular flexibility index (Phi) is 5.48. The lowest BCUT2D eigenvalue weighted by Crippen LogP contribution is -2.30. The van der Waals surface area contributed by atoms with Crippen molar-refractivity contribution in [3.8, 4) is 5.75 Å². The molecule has 4 nitrogen and oxygen atoms in total. The molecule has 0 amide bonds. The van der Waals surface area contributed by atoms with Crippen LogP contribution in [0.1, 0.15) is 12.8 Å². The molecule has 2 rings (SSSR count). The van der Waals surface area contributed by atoms with Crippen molar-refractivity contribution >= 4 is 5.69 Å². The van der Waals surface area contributed by atoms with Crippen molar-refractivity contribution in [2.45, 2.75) is 12.8 Å². The molecule has 1 fully saturated rings. The molecule has 4 heteroatoms. The first-order valence-electron chi connectivity index (χ1n) is 7.13. The summed E-state index contributed by atoms with van der Waals surface area (Å²) in [6, 6.07) is 7.63. The molecule has 0 aliphatic carbocycles. The van der Waals surface area contributed by atoms with Crippen molar-refractivity contribution in [2.24, 2.45) is 0 Å². The van der Waals surface area contributed by atoms with Crippen LogP contribution in [0.2, 0.25) is 0 Å². The van der Waals surface area contributed by atoms with E-state index in [0.717, 1.165) is 31.0 Å². The number of nitrogens with two attached hydrogens (primary N) is 1. The summed E-state index contributed by atoms with van der Waals surface area (Å²) in [4.78, 5) is 4.94. The Morgan fingerprint density at radius 3 is 2.95 bits per heavy atom. The first-order valence-corrected chi connectivity index (χ1v) is 7.13. The van der Waals surface area contributed by atoms with E-state index >= 15 is 0 Å². The first-order chi connectivity index (χ1) is 9.24. The van der Waals surface area contributed by atoms with Crippen LogP contribution in [0.4, 0.5) is 5.69 Å². The summed E-state index contributed by atoms with van der Waals surface area (Å²) in [5, 5.41) is 0. The van der Waals surface area contributed by atoms with Crippen LogP contribution in [0.5, 0.6) is 5.75 Å². The topological polar surface area (TPSA) is 41.7 Å². The number of nitrogens with zero attached hydrogens (tertiary/aromatic N) is 2. The van der Waals surface area contributed by atoms with Crippen molar-refractivity contribution in [2.75, 3.05) is 52.1 Å². The molecule has 0 saturated carbocycles. The number of benzene rings is 1. The molecule has 1 heterocycles. The van der Waals surface area contributed by atoms with E-state index in [9.17, 15) is 0 Å². The fourth-order valence-corrected chi connectivity index (χ4v) is 2.41. The third-order valence-corrected chi connectivity index (χ3v) is 3.56. The van der Waals surface area contributed by atoms with Crippen LogP contribution in [-0.4, -0.2) is 56.2 Å². The fourth-order valence-electron chi connectivity index (χ4n) is 2.41. The Morgan fingerprint density at radius 1 is 1.21 bits per heavy atom. The van der Waals surface area contributed by atoms with Crippen molar-refractivity contribution in [3.05, 3.63) is 24.3 Å². The maximum absolute atomic E-state index is 5.72. The fraction of sp³-hybridized carbons (Fsp3) is 0.600. The van der Waals surface area contributed by atoms with Crippen molar-refractivity contribution in [1.29, 1.82) is 0 Å². The second kappa shape index (κ2) is 7.36. The highest BCUT2D eigenvalue weighted by atomic mass is 16.5. The Morgan fingerprint density at radius 2 is 2.11 bits per heavy atom. The van der Waals surface area contributed by atoms with E-state index in [-0.39, 0.29) is 0 Å². The number of anilines is 1. The summed E-state index contributed by atoms with van der Waals surface area (Å²) in [7, 11) is 2.20. The SMILES string of the molecule is CN1CCCN(CCCOc2cccc(N)c2)CC1. The largest absolute Gasteiger partial charge is 0.493 e. The predicted molar refractivity (Wildman–Crippen MR) is 79.5 cm³/mol.